The molecule has 1 aliphatic rings. The number of amides is 3. The van der Waals surface area contributed by atoms with E-state index in [-0.39, 0.29) is 42.6 Å². The Bertz CT molecular complexity index is 1400. The fourth-order valence-corrected chi connectivity index (χ4v) is 4.25. The highest BCUT2D eigenvalue weighted by Crippen LogP contribution is 2.38. The number of nitrogens with two attached hydrogens (primary N) is 1. The van der Waals surface area contributed by atoms with Crippen molar-refractivity contribution in [1.29, 1.82) is 0 Å². The van der Waals surface area contributed by atoms with E-state index >= 15 is 0 Å². The van der Waals surface area contributed by atoms with E-state index in [1.807, 2.05) is 0 Å². The van der Waals surface area contributed by atoms with Gasteiger partial charge in [0.2, 0.25) is 0 Å². The molecule has 0 radical (unpaired) electrons. The fourth-order valence-electron chi connectivity index (χ4n) is 4.25. The van der Waals surface area contributed by atoms with E-state index < -0.39 is 71.3 Å². The molecule has 0 saturated carbocycles. The van der Waals surface area contributed by atoms with Crippen LogP contribution in [0.3, 0.4) is 0 Å². The van der Waals surface area contributed by atoms with Crippen LogP contribution in [0.4, 0.5) is 32.4 Å². The zero-order chi connectivity index (χ0) is 28.4. The van der Waals surface area contributed by atoms with Crippen LogP contribution in [0, 0.1) is 29.1 Å². The number of carbonyl (C=O) groups is 2. The maximum absolute atomic E-state index is 14.9. The van der Waals surface area contributed by atoms with Gasteiger partial charge in [-0.15, -0.1) is 12.4 Å². The average Bonchev–Trinajstić information content (AvgIpc) is 2.88. The minimum absolute atomic E-state index is 0. The van der Waals surface area contributed by atoms with Crippen molar-refractivity contribution in [2.24, 2.45) is 5.73 Å². The number of urea groups is 1. The molecule has 1 atom stereocenters. The van der Waals surface area contributed by atoms with Gasteiger partial charge in [-0.3, -0.25) is 9.69 Å². The van der Waals surface area contributed by atoms with Gasteiger partial charge in [0.15, 0.2) is 0 Å². The number of ether oxygens (including phenoxy) is 1. The van der Waals surface area contributed by atoms with Crippen LogP contribution >= 0.6 is 12.4 Å². The summed E-state index contributed by atoms with van der Waals surface area (Å²) in [4.78, 5) is 28.5. The lowest BCUT2D eigenvalue weighted by atomic mass is 9.98. The van der Waals surface area contributed by atoms with Gasteiger partial charge in [-0.05, 0) is 24.6 Å². The molecule has 0 bridgehead atoms. The number of hydrogen-bond donors (Lipinski definition) is 2. The lowest BCUT2D eigenvalue weighted by Gasteiger charge is -2.39. The molecule has 7 nitrogen and oxygen atoms in total. The van der Waals surface area contributed by atoms with Crippen LogP contribution in [0.25, 0.3) is 0 Å². The Hall–Kier alpha value is -3.90. The van der Waals surface area contributed by atoms with E-state index in [0.717, 1.165) is 17.0 Å². The predicted molar refractivity (Wildman–Crippen MR) is 140 cm³/mol. The number of nitrogens with one attached hydrogen (secondary N) is 1. The maximum atomic E-state index is 14.9. The van der Waals surface area contributed by atoms with Crippen molar-refractivity contribution in [2.45, 2.75) is 26.1 Å². The fraction of sp³-hybridized carbons (Fsp3) is 0.259. The molecule has 0 spiro atoms. The summed E-state index contributed by atoms with van der Waals surface area (Å²) in [6.45, 7) is 0.903. The predicted octanol–water partition coefficient (Wildman–Crippen LogP) is 5.20. The molecule has 4 rings (SSSR count). The Labute approximate surface area is 233 Å². The van der Waals surface area contributed by atoms with Gasteiger partial charge in [-0.1, -0.05) is 6.07 Å². The van der Waals surface area contributed by atoms with Crippen molar-refractivity contribution in [2.75, 3.05) is 25.1 Å². The first-order chi connectivity index (χ1) is 18.5. The summed E-state index contributed by atoms with van der Waals surface area (Å²) in [5.41, 5.74) is 5.30. The van der Waals surface area contributed by atoms with Crippen LogP contribution in [-0.4, -0.2) is 37.0 Å². The van der Waals surface area contributed by atoms with E-state index in [2.05, 4.69) is 5.32 Å². The first-order valence-electron chi connectivity index (χ1n) is 11.9. The Morgan fingerprint density at radius 3 is 2.17 bits per heavy atom. The number of nitrogens with zero attached hydrogens (tertiary/aromatic N) is 2. The largest absolute Gasteiger partial charge is 0.492 e. The average molecular weight is 585 g/mol. The number of benzene rings is 3. The molecule has 0 fully saturated rings. The van der Waals surface area contributed by atoms with Crippen molar-refractivity contribution in [1.82, 2.24) is 10.2 Å². The highest BCUT2D eigenvalue weighted by atomic mass is 35.5. The van der Waals surface area contributed by atoms with E-state index in [1.165, 1.54) is 24.1 Å². The van der Waals surface area contributed by atoms with Crippen molar-refractivity contribution >= 4 is 30.0 Å². The van der Waals surface area contributed by atoms with E-state index in [0.29, 0.717) is 17.7 Å². The van der Waals surface area contributed by atoms with Crippen LogP contribution in [0.5, 0.6) is 5.75 Å². The third kappa shape index (κ3) is 6.13. The molecule has 0 aliphatic carbocycles. The lowest BCUT2D eigenvalue weighted by Crippen LogP contribution is -2.47. The van der Waals surface area contributed by atoms with Gasteiger partial charge >= 0.3 is 6.03 Å². The number of halogens is 6. The third-order valence-electron chi connectivity index (χ3n) is 6.50. The zero-order valence-corrected chi connectivity index (χ0v) is 22.3. The van der Waals surface area contributed by atoms with Crippen molar-refractivity contribution < 1.29 is 36.3 Å². The van der Waals surface area contributed by atoms with Crippen molar-refractivity contribution in [3.8, 4) is 5.75 Å². The summed E-state index contributed by atoms with van der Waals surface area (Å²) in [5.74, 6) is -6.07. The molecule has 1 heterocycles. The summed E-state index contributed by atoms with van der Waals surface area (Å²) in [5, 5.41) is 2.36. The molecular formula is C27H26ClF5N4O3. The normalized spacial score (nSPS) is 14.5. The molecule has 3 amide bonds. The lowest BCUT2D eigenvalue weighted by molar-refractivity contribution is 0.0950. The second-order valence-corrected chi connectivity index (χ2v) is 8.96. The number of anilines is 1. The molecule has 3 N–H and O–H groups in total. The summed E-state index contributed by atoms with van der Waals surface area (Å²) in [7, 11) is 1.53. The van der Waals surface area contributed by atoms with E-state index in [1.54, 1.807) is 13.0 Å². The smallest absolute Gasteiger partial charge is 0.325 e. The summed E-state index contributed by atoms with van der Waals surface area (Å²) in [6.07, 6.45) is 0. The number of hydrogen-bond acceptors (Lipinski definition) is 4. The molecule has 0 saturated heterocycles. The standard InChI is InChI=1S/C27H25F5N4O3.ClH/c1-14-18-4-3-15(26(37)34-12-19-21(29)8-16(28)9-22(19)30)7-25(18)36(27(38)35(14)2)13-20-23(31)10-17(11-24(20)32)39-6-5-33;/h3-4,7-11,14H,5-6,12-13,33H2,1-2H3,(H,34,37);1H. The second kappa shape index (κ2) is 12.5. The van der Waals surface area contributed by atoms with E-state index in [4.69, 9.17) is 10.5 Å². The summed E-state index contributed by atoms with van der Waals surface area (Å²) >= 11 is 0. The van der Waals surface area contributed by atoms with Gasteiger partial charge in [-0.2, -0.15) is 0 Å². The van der Waals surface area contributed by atoms with Gasteiger partial charge in [0.05, 0.1) is 18.3 Å². The molecule has 214 valence electrons. The Kier molecular flexibility index (Phi) is 9.59. The number of carbonyl (C=O) groups excluding carboxylic acids is 2. The van der Waals surface area contributed by atoms with Crippen LogP contribution in [0.15, 0.2) is 42.5 Å². The Balaban J connectivity index is 0.00000441. The second-order valence-electron chi connectivity index (χ2n) is 8.96. The minimum atomic E-state index is -1.16. The number of rotatable bonds is 8. The highest BCUT2D eigenvalue weighted by molar-refractivity contribution is 5.99. The summed E-state index contributed by atoms with van der Waals surface area (Å²) in [6, 6.07) is 6.39. The Morgan fingerprint density at radius 1 is 0.975 bits per heavy atom. The van der Waals surface area contributed by atoms with Crippen LogP contribution in [0.2, 0.25) is 0 Å². The topological polar surface area (TPSA) is 87.9 Å². The first-order valence-corrected chi connectivity index (χ1v) is 11.9. The summed E-state index contributed by atoms with van der Waals surface area (Å²) < 4.78 is 76.0. The van der Waals surface area contributed by atoms with Gasteiger partial charge in [0.1, 0.15) is 41.4 Å². The van der Waals surface area contributed by atoms with Gasteiger partial charge < -0.3 is 20.7 Å². The molecule has 13 heteroatoms. The van der Waals surface area contributed by atoms with Crippen LogP contribution in [-0.2, 0) is 13.1 Å². The molecule has 1 unspecified atom stereocenters. The molecule has 3 aromatic carbocycles. The van der Waals surface area contributed by atoms with Gasteiger partial charge in [-0.25, -0.2) is 26.7 Å². The van der Waals surface area contributed by atoms with Gasteiger partial charge in [0, 0.05) is 61.1 Å². The molecule has 0 aromatic heterocycles. The molecule has 40 heavy (non-hydrogen) atoms. The monoisotopic (exact) mass is 584 g/mol. The zero-order valence-electron chi connectivity index (χ0n) is 21.4. The van der Waals surface area contributed by atoms with Crippen molar-refractivity contribution in [3.63, 3.8) is 0 Å². The van der Waals surface area contributed by atoms with E-state index in [9.17, 15) is 31.5 Å². The molecule has 3 aromatic rings. The third-order valence-corrected chi connectivity index (χ3v) is 6.50. The SMILES string of the molecule is CC1c2ccc(C(=O)NCc3c(F)cc(F)cc3F)cc2N(Cc2c(F)cc(OCCN)cc2F)C(=O)N1C.Cl. The van der Waals surface area contributed by atoms with Gasteiger partial charge in [0.25, 0.3) is 5.91 Å². The quantitative estimate of drug-likeness (QED) is 0.356. The Morgan fingerprint density at radius 2 is 1.57 bits per heavy atom. The van der Waals surface area contributed by atoms with Crippen LogP contribution < -0.4 is 20.7 Å². The van der Waals surface area contributed by atoms with Crippen LogP contribution in [0.1, 0.15) is 40.0 Å². The first kappa shape index (κ1) is 30.6. The molecular weight excluding hydrogens is 559 g/mol. The highest BCUT2D eigenvalue weighted by Gasteiger charge is 2.35. The minimum Gasteiger partial charge on any atom is -0.492 e. The molecule has 1 aliphatic heterocycles. The van der Waals surface area contributed by atoms with Crippen molar-refractivity contribution in [3.05, 3.63) is 93.8 Å². The maximum Gasteiger partial charge on any atom is 0.325 e. The number of fused-ring (bicyclic) bond motifs is 1.